The number of esters is 1. The van der Waals surface area contributed by atoms with Gasteiger partial charge in [0.1, 0.15) is 6.10 Å². The molecule has 0 aliphatic heterocycles. The van der Waals surface area contributed by atoms with Crippen molar-refractivity contribution in [1.82, 2.24) is 0 Å². The van der Waals surface area contributed by atoms with E-state index in [1.165, 1.54) is 141 Å². The largest absolute Gasteiger partial charge is 0.472 e. The predicted octanol–water partition coefficient (Wildman–Crippen LogP) is 15.1. The molecule has 9 heteroatoms. The highest BCUT2D eigenvalue weighted by atomic mass is 31.2. The number of allylic oxidation sites excluding steroid dienone is 8. The van der Waals surface area contributed by atoms with Gasteiger partial charge in [0.15, 0.2) is 0 Å². The SMILES string of the molecule is CCCCCC/C=C\C/C=C\CCCCCCCC(=O)OC(COCCCCCCCCCCCCCC/C=C\C/C=C\CCCCCCC)COP(=O)(O)OCCN. The molecule has 0 amide bonds. The van der Waals surface area contributed by atoms with E-state index >= 15 is 0 Å². The molecular weight excluding hydrogens is 758 g/mol. The number of rotatable bonds is 47. The molecule has 0 spiro atoms. The van der Waals surface area contributed by atoms with E-state index in [1.54, 1.807) is 0 Å². The molecule has 0 bridgehead atoms. The lowest BCUT2D eigenvalue weighted by molar-refractivity contribution is -0.154. The first kappa shape index (κ1) is 57.5. The van der Waals surface area contributed by atoms with Gasteiger partial charge in [-0.05, 0) is 77.0 Å². The smallest absolute Gasteiger partial charge is 0.457 e. The number of unbranched alkanes of at least 4 members (excludes halogenated alkanes) is 26. The van der Waals surface area contributed by atoms with E-state index in [-0.39, 0.29) is 32.3 Å². The summed E-state index contributed by atoms with van der Waals surface area (Å²) in [4.78, 5) is 22.5. The summed E-state index contributed by atoms with van der Waals surface area (Å²) in [5, 5.41) is 0. The third-order valence-corrected chi connectivity index (χ3v) is 11.5. The van der Waals surface area contributed by atoms with E-state index < -0.39 is 13.9 Å². The molecule has 2 unspecified atom stereocenters. The first-order valence-corrected chi connectivity index (χ1v) is 26.1. The third kappa shape index (κ3) is 47.4. The lowest BCUT2D eigenvalue weighted by Crippen LogP contribution is -2.28. The average Bonchev–Trinajstić information content (AvgIpc) is 3.23. The topological polar surface area (TPSA) is 117 Å². The zero-order chi connectivity index (χ0) is 43.0. The fourth-order valence-electron chi connectivity index (χ4n) is 6.82. The summed E-state index contributed by atoms with van der Waals surface area (Å²) in [6, 6.07) is 0. The van der Waals surface area contributed by atoms with Crippen molar-refractivity contribution >= 4 is 13.8 Å². The van der Waals surface area contributed by atoms with Gasteiger partial charge in [-0.15, -0.1) is 0 Å². The number of ether oxygens (including phenoxy) is 2. The van der Waals surface area contributed by atoms with Gasteiger partial charge in [0, 0.05) is 19.6 Å². The number of hydrogen-bond acceptors (Lipinski definition) is 7. The molecule has 3 N–H and O–H groups in total. The Bertz CT molecular complexity index is 1050. The molecule has 0 fully saturated rings. The normalized spacial score (nSPS) is 13.8. The number of phosphoric acid groups is 1. The van der Waals surface area contributed by atoms with Crippen molar-refractivity contribution in [2.75, 3.05) is 33.0 Å². The summed E-state index contributed by atoms with van der Waals surface area (Å²) in [6.07, 6.45) is 57.1. The maximum Gasteiger partial charge on any atom is 0.472 e. The van der Waals surface area contributed by atoms with E-state index in [4.69, 9.17) is 24.3 Å². The van der Waals surface area contributed by atoms with Gasteiger partial charge >= 0.3 is 13.8 Å². The summed E-state index contributed by atoms with van der Waals surface area (Å²) >= 11 is 0. The Hall–Kier alpha value is -1.54. The Morgan fingerprint density at radius 1 is 0.508 bits per heavy atom. The lowest BCUT2D eigenvalue weighted by atomic mass is 10.0. The van der Waals surface area contributed by atoms with Crippen molar-refractivity contribution in [3.8, 4) is 0 Å². The lowest BCUT2D eigenvalue weighted by Gasteiger charge is -2.20. The van der Waals surface area contributed by atoms with Crippen molar-refractivity contribution in [3.05, 3.63) is 48.6 Å². The fraction of sp³-hybridized carbons (Fsp3) is 0.820. The van der Waals surface area contributed by atoms with Gasteiger partial charge in [-0.25, -0.2) is 4.57 Å². The van der Waals surface area contributed by atoms with Crippen LogP contribution in [0.15, 0.2) is 48.6 Å². The summed E-state index contributed by atoms with van der Waals surface area (Å²) in [5.74, 6) is -0.343. The van der Waals surface area contributed by atoms with Crippen LogP contribution in [0.1, 0.15) is 226 Å². The van der Waals surface area contributed by atoms with Gasteiger partial charge in [0.05, 0.1) is 19.8 Å². The van der Waals surface area contributed by atoms with E-state index in [9.17, 15) is 14.3 Å². The number of hydrogen-bond donors (Lipinski definition) is 2. The third-order valence-electron chi connectivity index (χ3n) is 10.5. The van der Waals surface area contributed by atoms with Gasteiger partial charge in [0.2, 0.25) is 0 Å². The molecule has 0 saturated heterocycles. The summed E-state index contributed by atoms with van der Waals surface area (Å²) in [5.41, 5.74) is 5.38. The summed E-state index contributed by atoms with van der Waals surface area (Å²) in [7, 11) is -4.28. The van der Waals surface area contributed by atoms with E-state index in [2.05, 4.69) is 62.5 Å². The van der Waals surface area contributed by atoms with Gasteiger partial charge in [-0.2, -0.15) is 0 Å². The quantitative estimate of drug-likeness (QED) is 0.0269. The van der Waals surface area contributed by atoms with E-state index in [1.807, 2.05) is 0 Å². The fourth-order valence-corrected chi connectivity index (χ4v) is 7.59. The number of carbonyl (C=O) groups is 1. The van der Waals surface area contributed by atoms with E-state index in [0.717, 1.165) is 64.2 Å². The maximum atomic E-state index is 12.6. The Balaban J connectivity index is 3.95. The molecule has 0 heterocycles. The highest BCUT2D eigenvalue weighted by molar-refractivity contribution is 7.47. The number of nitrogens with two attached hydrogens (primary N) is 1. The summed E-state index contributed by atoms with van der Waals surface area (Å²) < 4.78 is 33.5. The second-order valence-electron chi connectivity index (χ2n) is 16.3. The molecule has 0 saturated carbocycles. The van der Waals surface area contributed by atoms with Crippen LogP contribution < -0.4 is 5.73 Å². The van der Waals surface area contributed by atoms with Crippen LogP contribution in [0.2, 0.25) is 0 Å². The minimum Gasteiger partial charge on any atom is -0.457 e. The van der Waals surface area contributed by atoms with E-state index in [0.29, 0.717) is 13.0 Å². The van der Waals surface area contributed by atoms with Crippen LogP contribution in [-0.2, 0) is 27.9 Å². The minimum atomic E-state index is -4.28. The summed E-state index contributed by atoms with van der Waals surface area (Å²) in [6.45, 7) is 4.89. The molecule has 8 nitrogen and oxygen atoms in total. The second-order valence-corrected chi connectivity index (χ2v) is 17.8. The predicted molar refractivity (Wildman–Crippen MR) is 252 cm³/mol. The first-order valence-electron chi connectivity index (χ1n) is 24.6. The first-order chi connectivity index (χ1) is 28.9. The molecule has 59 heavy (non-hydrogen) atoms. The molecule has 0 aliphatic rings. The van der Waals surface area contributed by atoms with Gasteiger partial charge in [-0.1, -0.05) is 191 Å². The Morgan fingerprint density at radius 2 is 0.898 bits per heavy atom. The molecule has 0 aromatic carbocycles. The van der Waals surface area contributed by atoms with Crippen LogP contribution in [0, 0.1) is 0 Å². The zero-order valence-electron chi connectivity index (χ0n) is 38.5. The molecule has 2 atom stereocenters. The Kier molecular flexibility index (Phi) is 46.3. The molecule has 0 aromatic heterocycles. The maximum absolute atomic E-state index is 12.6. The van der Waals surface area contributed by atoms with Gasteiger partial charge < -0.3 is 20.1 Å². The molecule has 0 radical (unpaired) electrons. The number of phosphoric ester groups is 1. The van der Waals surface area contributed by atoms with Crippen LogP contribution in [0.4, 0.5) is 0 Å². The molecule has 0 aromatic rings. The monoisotopic (exact) mass is 852 g/mol. The highest BCUT2D eigenvalue weighted by Crippen LogP contribution is 2.43. The van der Waals surface area contributed by atoms with Crippen LogP contribution >= 0.6 is 7.82 Å². The average molecular weight is 852 g/mol. The van der Waals surface area contributed by atoms with Crippen LogP contribution in [0.5, 0.6) is 0 Å². The van der Waals surface area contributed by atoms with Crippen molar-refractivity contribution in [1.29, 1.82) is 0 Å². The van der Waals surface area contributed by atoms with Crippen molar-refractivity contribution < 1.29 is 32.8 Å². The zero-order valence-corrected chi connectivity index (χ0v) is 39.4. The Morgan fingerprint density at radius 3 is 1.34 bits per heavy atom. The van der Waals surface area contributed by atoms with Crippen LogP contribution in [0.3, 0.4) is 0 Å². The van der Waals surface area contributed by atoms with Crippen LogP contribution in [0.25, 0.3) is 0 Å². The molecule has 0 rings (SSSR count). The molecular formula is C50H94NO7P. The second kappa shape index (κ2) is 47.5. The van der Waals surface area contributed by atoms with Crippen molar-refractivity contribution in [2.45, 2.75) is 232 Å². The van der Waals surface area contributed by atoms with Crippen molar-refractivity contribution in [2.24, 2.45) is 5.73 Å². The van der Waals surface area contributed by atoms with Crippen LogP contribution in [-0.4, -0.2) is 49.9 Å². The highest BCUT2D eigenvalue weighted by Gasteiger charge is 2.25. The van der Waals surface area contributed by atoms with Gasteiger partial charge in [0.25, 0.3) is 0 Å². The van der Waals surface area contributed by atoms with Gasteiger partial charge in [-0.3, -0.25) is 13.8 Å². The Labute approximate surface area is 364 Å². The molecule has 0 aliphatic carbocycles. The van der Waals surface area contributed by atoms with Crippen molar-refractivity contribution in [3.63, 3.8) is 0 Å². The molecule has 346 valence electrons. The number of carbonyl (C=O) groups excluding carboxylic acids is 1. The standard InChI is InChI=1S/C50H94NO7P/c1-3-5-7-9-11-13-15-17-19-21-22-23-24-25-26-27-28-30-32-34-36-38-40-42-45-55-47-49(48-57-59(53,54)56-46-44-51)58-50(52)43-41-39-37-35-33-31-29-20-18-16-14-12-10-8-6-4-2/h14-17,20-22,29,49H,3-13,18-19,23-28,30-48,51H2,1-2H3,(H,53,54)/b16-14-,17-15-,22-21-,29-20-. The minimum absolute atomic E-state index is 0.0968.